The van der Waals surface area contributed by atoms with Gasteiger partial charge in [-0.15, -0.1) is 0 Å². The number of carboxylic acid groups (broad SMARTS) is 1. The molecule has 2 aromatic carbocycles. The highest BCUT2D eigenvalue weighted by Gasteiger charge is 2.46. The quantitative estimate of drug-likeness (QED) is 0.520. The van der Waals surface area contributed by atoms with Crippen LogP contribution in [0, 0.1) is 5.92 Å². The first-order valence-electron chi connectivity index (χ1n) is 12.2. The van der Waals surface area contributed by atoms with Gasteiger partial charge in [0.1, 0.15) is 11.5 Å². The van der Waals surface area contributed by atoms with Crippen molar-refractivity contribution in [2.24, 2.45) is 10.9 Å². The van der Waals surface area contributed by atoms with Crippen molar-refractivity contribution in [2.75, 3.05) is 12.0 Å². The summed E-state index contributed by atoms with van der Waals surface area (Å²) in [6.07, 6.45) is 3.68. The second-order valence-electron chi connectivity index (χ2n) is 9.30. The fourth-order valence-electron chi connectivity index (χ4n) is 5.32. The summed E-state index contributed by atoms with van der Waals surface area (Å²) >= 11 is 0. The Kier molecular flexibility index (Phi) is 6.81. The summed E-state index contributed by atoms with van der Waals surface area (Å²) in [5.41, 5.74) is 3.59. The number of methoxy groups -OCH3 is 1. The Morgan fingerprint density at radius 2 is 1.78 bits per heavy atom. The highest BCUT2D eigenvalue weighted by atomic mass is 16.5. The molecule has 1 aromatic heterocycles. The molecule has 0 radical (unpaired) electrons. The number of benzene rings is 2. The number of pyridine rings is 1. The van der Waals surface area contributed by atoms with E-state index >= 15 is 0 Å². The number of carbonyl (C=O) groups is 3. The molecule has 8 nitrogen and oxygen atoms in total. The van der Waals surface area contributed by atoms with Gasteiger partial charge in [0, 0.05) is 30.9 Å². The summed E-state index contributed by atoms with van der Waals surface area (Å²) in [5, 5.41) is 9.23. The number of nitrogens with zero attached hydrogens (tertiary/aromatic N) is 3. The van der Waals surface area contributed by atoms with Crippen molar-refractivity contribution in [2.45, 2.75) is 37.6 Å². The molecule has 1 N–H and O–H groups in total. The van der Waals surface area contributed by atoms with E-state index in [0.717, 1.165) is 11.3 Å². The SMILES string of the molecule is COc1ccc([C@H]2CC(=O)C3C(=Nc4ccccc4N(C(=O)CCC(=O)O)[C@@H]3c3cccnc3)C2)cc1. The van der Waals surface area contributed by atoms with Crippen LogP contribution < -0.4 is 9.64 Å². The van der Waals surface area contributed by atoms with Gasteiger partial charge in [-0.3, -0.25) is 24.4 Å². The van der Waals surface area contributed by atoms with Gasteiger partial charge in [-0.1, -0.05) is 30.3 Å². The van der Waals surface area contributed by atoms with E-state index in [1.54, 1.807) is 36.5 Å². The number of Topliss-reactive ketones (excluding diaryl/α,β-unsaturated/α-hetero) is 1. The maximum absolute atomic E-state index is 13.9. The summed E-state index contributed by atoms with van der Waals surface area (Å²) in [5.74, 6) is -1.41. The molecule has 1 aliphatic heterocycles. The second-order valence-corrected chi connectivity index (χ2v) is 9.30. The minimum Gasteiger partial charge on any atom is -0.497 e. The molecule has 1 amide bonds. The van der Waals surface area contributed by atoms with Crippen molar-refractivity contribution in [3.8, 4) is 5.75 Å². The molecule has 188 valence electrons. The first-order chi connectivity index (χ1) is 18.0. The minimum absolute atomic E-state index is 0.0106. The van der Waals surface area contributed by atoms with E-state index in [9.17, 15) is 19.5 Å². The van der Waals surface area contributed by atoms with Crippen molar-refractivity contribution in [3.63, 3.8) is 0 Å². The summed E-state index contributed by atoms with van der Waals surface area (Å²) in [6.45, 7) is 0. The molecule has 0 bridgehead atoms. The maximum Gasteiger partial charge on any atom is 0.303 e. The van der Waals surface area contributed by atoms with Gasteiger partial charge in [-0.05, 0) is 53.8 Å². The third-order valence-electron chi connectivity index (χ3n) is 7.04. The van der Waals surface area contributed by atoms with Crippen molar-refractivity contribution < 1.29 is 24.2 Å². The van der Waals surface area contributed by atoms with E-state index in [0.29, 0.717) is 35.5 Å². The third-order valence-corrected chi connectivity index (χ3v) is 7.04. The normalized spacial score (nSPS) is 20.8. The standard InChI is InChI=1S/C29H27N3O5/c1-37-21-10-8-18(9-11-21)20-15-23-28(25(33)16-20)29(19-5-4-14-30-17-19)32(26(34)12-13-27(35)36)24-7-3-2-6-22(24)31-23/h2-11,14,17,20,28-29H,12-13,15-16H2,1H3,(H,35,36)/t20-,28?,29-/m1/s1. The average Bonchev–Trinajstić information content (AvgIpc) is 3.07. The van der Waals surface area contributed by atoms with Gasteiger partial charge in [0.25, 0.3) is 0 Å². The van der Waals surface area contributed by atoms with E-state index in [1.165, 1.54) is 0 Å². The van der Waals surface area contributed by atoms with Crippen LogP contribution in [0.5, 0.6) is 5.75 Å². The van der Waals surface area contributed by atoms with Crippen molar-refractivity contribution >= 4 is 34.7 Å². The Morgan fingerprint density at radius 1 is 1.00 bits per heavy atom. The smallest absolute Gasteiger partial charge is 0.303 e. The van der Waals surface area contributed by atoms with Gasteiger partial charge in [0.15, 0.2) is 0 Å². The molecule has 2 aliphatic rings. The van der Waals surface area contributed by atoms with Gasteiger partial charge in [-0.2, -0.15) is 0 Å². The topological polar surface area (TPSA) is 109 Å². The monoisotopic (exact) mass is 497 g/mol. The van der Waals surface area contributed by atoms with Crippen LogP contribution in [-0.4, -0.2) is 40.6 Å². The third kappa shape index (κ3) is 4.87. The molecule has 5 rings (SSSR count). The lowest BCUT2D eigenvalue weighted by molar-refractivity contribution is -0.138. The number of ether oxygens (including phenoxy) is 1. The van der Waals surface area contributed by atoms with Gasteiger partial charge in [-0.25, -0.2) is 0 Å². The molecule has 0 spiro atoms. The lowest BCUT2D eigenvalue weighted by Crippen LogP contribution is -2.45. The number of fused-ring (bicyclic) bond motifs is 2. The number of aromatic nitrogens is 1. The predicted octanol–water partition coefficient (Wildman–Crippen LogP) is 4.88. The Balaban J connectivity index is 1.61. The second kappa shape index (κ2) is 10.3. The number of hydrogen-bond acceptors (Lipinski definition) is 6. The van der Waals surface area contributed by atoms with Crippen molar-refractivity contribution in [1.29, 1.82) is 0 Å². The van der Waals surface area contributed by atoms with Crippen LogP contribution in [0.4, 0.5) is 11.4 Å². The molecule has 1 fully saturated rings. The zero-order chi connectivity index (χ0) is 25.9. The zero-order valence-electron chi connectivity index (χ0n) is 20.4. The summed E-state index contributed by atoms with van der Waals surface area (Å²) in [7, 11) is 1.61. The Labute approximate surface area is 214 Å². The Morgan fingerprint density at radius 3 is 2.49 bits per heavy atom. The van der Waals surface area contributed by atoms with Crippen LogP contribution >= 0.6 is 0 Å². The molecule has 8 heteroatoms. The number of aliphatic imine (C=N–C) groups is 1. The molecule has 0 saturated heterocycles. The molecular weight excluding hydrogens is 470 g/mol. The number of hydrogen-bond donors (Lipinski definition) is 1. The van der Waals surface area contributed by atoms with Crippen LogP contribution in [0.2, 0.25) is 0 Å². The molecule has 1 aliphatic carbocycles. The number of aliphatic carboxylic acids is 1. The van der Waals surface area contributed by atoms with Gasteiger partial charge >= 0.3 is 5.97 Å². The number of amides is 1. The number of carboxylic acids is 1. The van der Waals surface area contributed by atoms with Crippen molar-refractivity contribution in [3.05, 3.63) is 84.2 Å². The molecule has 3 atom stereocenters. The molecule has 1 saturated carbocycles. The number of ketones is 1. The number of carbonyl (C=O) groups excluding carboxylic acids is 2. The highest BCUT2D eigenvalue weighted by molar-refractivity contribution is 6.13. The average molecular weight is 498 g/mol. The van der Waals surface area contributed by atoms with Gasteiger partial charge in [0.2, 0.25) is 5.91 Å². The van der Waals surface area contributed by atoms with Crippen LogP contribution in [-0.2, 0) is 14.4 Å². The van der Waals surface area contributed by atoms with E-state index in [1.807, 2.05) is 48.5 Å². The first kappa shape index (κ1) is 24.4. The molecule has 3 aromatic rings. The van der Waals surface area contributed by atoms with Crippen molar-refractivity contribution in [1.82, 2.24) is 4.98 Å². The van der Waals surface area contributed by atoms with Gasteiger partial charge in [0.05, 0.1) is 36.9 Å². The molecule has 2 heterocycles. The summed E-state index contributed by atoms with van der Waals surface area (Å²) < 4.78 is 5.28. The number of rotatable bonds is 6. The van der Waals surface area contributed by atoms with E-state index in [-0.39, 0.29) is 30.4 Å². The molecular formula is C29H27N3O5. The lowest BCUT2D eigenvalue weighted by Gasteiger charge is -2.38. The summed E-state index contributed by atoms with van der Waals surface area (Å²) in [6, 6.07) is 17.9. The number of anilines is 1. The Hall–Kier alpha value is -4.33. The van der Waals surface area contributed by atoms with Gasteiger partial charge < -0.3 is 14.7 Å². The van der Waals surface area contributed by atoms with Crippen LogP contribution in [0.1, 0.15) is 48.8 Å². The van der Waals surface area contributed by atoms with Crippen LogP contribution in [0.15, 0.2) is 78.0 Å². The van der Waals surface area contributed by atoms with E-state index in [2.05, 4.69) is 4.98 Å². The lowest BCUT2D eigenvalue weighted by atomic mass is 9.72. The zero-order valence-corrected chi connectivity index (χ0v) is 20.4. The molecule has 37 heavy (non-hydrogen) atoms. The molecule has 1 unspecified atom stereocenters. The Bertz CT molecular complexity index is 1350. The minimum atomic E-state index is -1.05. The fourth-order valence-corrected chi connectivity index (χ4v) is 5.32. The van der Waals surface area contributed by atoms with Crippen LogP contribution in [0.3, 0.4) is 0 Å². The van der Waals surface area contributed by atoms with Crippen LogP contribution in [0.25, 0.3) is 0 Å². The maximum atomic E-state index is 13.9. The predicted molar refractivity (Wildman–Crippen MR) is 138 cm³/mol. The van der Waals surface area contributed by atoms with E-state index in [4.69, 9.17) is 9.73 Å². The fraction of sp³-hybridized carbons (Fsp3) is 0.276. The van der Waals surface area contributed by atoms with E-state index < -0.39 is 17.9 Å². The first-order valence-corrected chi connectivity index (χ1v) is 12.2. The largest absolute Gasteiger partial charge is 0.497 e. The highest BCUT2D eigenvalue weighted by Crippen LogP contribution is 2.47. The number of para-hydroxylation sites is 2. The summed E-state index contributed by atoms with van der Waals surface area (Å²) in [4.78, 5) is 49.6.